The molecule has 2 aromatic heterocycles. The SMILES string of the molecule is COCCCNC(=O)/C(C#N)=C\c1c(N2CCC3(CC2)OCCO3)nc2ccccn2c1=O. The molecule has 0 unspecified atom stereocenters. The average molecular weight is 453 g/mol. The summed E-state index contributed by atoms with van der Waals surface area (Å²) >= 11 is 0. The van der Waals surface area contributed by atoms with Gasteiger partial charge in [0.25, 0.3) is 11.5 Å². The van der Waals surface area contributed by atoms with Crippen molar-refractivity contribution in [1.29, 1.82) is 5.26 Å². The summed E-state index contributed by atoms with van der Waals surface area (Å²) in [7, 11) is 1.58. The molecule has 2 saturated heterocycles. The van der Waals surface area contributed by atoms with E-state index >= 15 is 0 Å². The monoisotopic (exact) mass is 453 g/mol. The van der Waals surface area contributed by atoms with E-state index in [0.717, 1.165) is 0 Å². The molecule has 4 rings (SSSR count). The summed E-state index contributed by atoms with van der Waals surface area (Å²) in [6.45, 7) is 3.16. The van der Waals surface area contributed by atoms with Crippen molar-refractivity contribution in [3.05, 3.63) is 45.9 Å². The number of nitrogens with one attached hydrogen (secondary N) is 1. The van der Waals surface area contributed by atoms with Gasteiger partial charge in [-0.2, -0.15) is 5.26 Å². The maximum Gasteiger partial charge on any atom is 0.267 e. The summed E-state index contributed by atoms with van der Waals surface area (Å²) < 4.78 is 18.0. The molecule has 0 saturated carbocycles. The van der Waals surface area contributed by atoms with Crippen molar-refractivity contribution in [1.82, 2.24) is 14.7 Å². The average Bonchev–Trinajstić information content (AvgIpc) is 3.29. The van der Waals surface area contributed by atoms with E-state index in [2.05, 4.69) is 5.32 Å². The van der Waals surface area contributed by atoms with Crippen molar-refractivity contribution >= 4 is 23.4 Å². The fourth-order valence-electron chi connectivity index (χ4n) is 4.11. The largest absolute Gasteiger partial charge is 0.385 e. The number of carbonyl (C=O) groups is 1. The molecular weight excluding hydrogens is 426 g/mol. The predicted molar refractivity (Wildman–Crippen MR) is 121 cm³/mol. The molecule has 4 heterocycles. The Morgan fingerprint density at radius 3 is 2.79 bits per heavy atom. The number of carbonyl (C=O) groups excluding carboxylic acids is 1. The lowest BCUT2D eigenvalue weighted by molar-refractivity contribution is -0.169. The summed E-state index contributed by atoms with van der Waals surface area (Å²) in [4.78, 5) is 32.6. The van der Waals surface area contributed by atoms with Gasteiger partial charge in [-0.3, -0.25) is 14.0 Å². The van der Waals surface area contributed by atoms with Crippen LogP contribution in [0.25, 0.3) is 11.7 Å². The van der Waals surface area contributed by atoms with Crippen LogP contribution < -0.4 is 15.8 Å². The Balaban J connectivity index is 1.68. The molecule has 174 valence electrons. The normalized spacial score (nSPS) is 17.9. The Morgan fingerprint density at radius 2 is 2.09 bits per heavy atom. The van der Waals surface area contributed by atoms with Crippen LogP contribution in [0.2, 0.25) is 0 Å². The Hall–Kier alpha value is -3.26. The van der Waals surface area contributed by atoms with Crippen LogP contribution in [0, 0.1) is 11.3 Å². The minimum absolute atomic E-state index is 0.153. The second kappa shape index (κ2) is 10.1. The lowest BCUT2D eigenvalue weighted by atomic mass is 10.0. The number of nitrogens with zero attached hydrogens (tertiary/aromatic N) is 4. The first kappa shape index (κ1) is 22.9. The first-order valence-corrected chi connectivity index (χ1v) is 11.0. The van der Waals surface area contributed by atoms with Crippen LogP contribution in [0.4, 0.5) is 5.82 Å². The standard InChI is InChI=1S/C23H27N5O5/c1-31-12-4-8-25-21(29)17(16-24)15-18-20(26-19-5-2-3-9-28(19)22(18)30)27-10-6-23(7-11-27)32-13-14-33-23/h2-3,5,9,15H,4,6-8,10-14H2,1H3,(H,25,29)/b17-15-. The van der Waals surface area contributed by atoms with Gasteiger partial charge in [-0.1, -0.05) is 6.07 Å². The van der Waals surface area contributed by atoms with Crippen molar-refractivity contribution in [2.45, 2.75) is 25.0 Å². The highest BCUT2D eigenvalue weighted by Gasteiger charge is 2.40. The molecule has 0 atom stereocenters. The zero-order valence-corrected chi connectivity index (χ0v) is 18.6. The maximum absolute atomic E-state index is 13.4. The number of nitriles is 1. The van der Waals surface area contributed by atoms with Crippen LogP contribution in [-0.2, 0) is 19.0 Å². The Bertz CT molecular complexity index is 1140. The Kier molecular flexibility index (Phi) is 7.03. The van der Waals surface area contributed by atoms with Gasteiger partial charge in [0.1, 0.15) is 23.1 Å². The van der Waals surface area contributed by atoms with E-state index in [-0.39, 0.29) is 16.7 Å². The van der Waals surface area contributed by atoms with Crippen LogP contribution in [0.3, 0.4) is 0 Å². The number of pyridine rings is 1. The molecule has 2 aliphatic heterocycles. The Morgan fingerprint density at radius 1 is 1.33 bits per heavy atom. The molecule has 0 radical (unpaired) electrons. The van der Waals surface area contributed by atoms with Gasteiger partial charge < -0.3 is 24.4 Å². The summed E-state index contributed by atoms with van der Waals surface area (Å²) in [5.41, 5.74) is 0.195. The first-order valence-electron chi connectivity index (χ1n) is 11.0. The van der Waals surface area contributed by atoms with Crippen LogP contribution in [0.15, 0.2) is 34.8 Å². The zero-order valence-electron chi connectivity index (χ0n) is 18.6. The van der Waals surface area contributed by atoms with E-state index in [1.807, 2.05) is 11.0 Å². The maximum atomic E-state index is 13.4. The fourth-order valence-corrected chi connectivity index (χ4v) is 4.11. The molecule has 0 bridgehead atoms. The molecule has 10 nitrogen and oxygen atoms in total. The first-order chi connectivity index (χ1) is 16.1. The highest BCUT2D eigenvalue weighted by atomic mass is 16.7. The third-order valence-electron chi connectivity index (χ3n) is 5.85. The van der Waals surface area contributed by atoms with Crippen molar-refractivity contribution in [2.75, 3.05) is 51.5 Å². The van der Waals surface area contributed by atoms with Crippen molar-refractivity contribution in [3.63, 3.8) is 0 Å². The summed E-state index contributed by atoms with van der Waals surface area (Å²) in [6, 6.07) is 7.21. The number of hydrogen-bond donors (Lipinski definition) is 1. The number of amides is 1. The molecule has 1 amide bonds. The van der Waals surface area contributed by atoms with Gasteiger partial charge >= 0.3 is 0 Å². The Labute approximate surface area is 191 Å². The van der Waals surface area contributed by atoms with E-state index in [1.165, 1.54) is 10.5 Å². The van der Waals surface area contributed by atoms with E-state index in [1.54, 1.807) is 31.5 Å². The molecular formula is C23H27N5O5. The van der Waals surface area contributed by atoms with E-state index in [0.29, 0.717) is 70.2 Å². The number of hydrogen-bond acceptors (Lipinski definition) is 8. The van der Waals surface area contributed by atoms with Crippen molar-refractivity contribution < 1.29 is 19.0 Å². The zero-order chi connectivity index (χ0) is 23.3. The van der Waals surface area contributed by atoms with Crippen LogP contribution in [0.1, 0.15) is 24.8 Å². The molecule has 2 fully saturated rings. The molecule has 2 aromatic rings. The van der Waals surface area contributed by atoms with Gasteiger partial charge in [-0.25, -0.2) is 4.98 Å². The third kappa shape index (κ3) is 4.90. The second-order valence-corrected chi connectivity index (χ2v) is 7.95. The van der Waals surface area contributed by atoms with Gasteiger partial charge in [0.2, 0.25) is 0 Å². The smallest absolute Gasteiger partial charge is 0.267 e. The van der Waals surface area contributed by atoms with Gasteiger partial charge in [-0.15, -0.1) is 0 Å². The number of methoxy groups -OCH3 is 1. The van der Waals surface area contributed by atoms with Crippen molar-refractivity contribution in [3.8, 4) is 6.07 Å². The third-order valence-corrected chi connectivity index (χ3v) is 5.85. The molecule has 2 aliphatic rings. The van der Waals surface area contributed by atoms with Crippen LogP contribution >= 0.6 is 0 Å². The van der Waals surface area contributed by atoms with Crippen molar-refractivity contribution in [2.24, 2.45) is 0 Å². The highest BCUT2D eigenvalue weighted by molar-refractivity contribution is 6.02. The predicted octanol–water partition coefficient (Wildman–Crippen LogP) is 1.10. The summed E-state index contributed by atoms with van der Waals surface area (Å²) in [6.07, 6.45) is 4.84. The number of anilines is 1. The van der Waals surface area contributed by atoms with E-state index in [4.69, 9.17) is 19.2 Å². The van der Waals surface area contributed by atoms with Gasteiger partial charge in [-0.05, 0) is 24.6 Å². The topological polar surface area (TPSA) is 118 Å². The fraction of sp³-hybridized carbons (Fsp3) is 0.478. The van der Waals surface area contributed by atoms with Crippen LogP contribution in [0.5, 0.6) is 0 Å². The van der Waals surface area contributed by atoms with E-state index < -0.39 is 11.7 Å². The molecule has 0 aliphatic carbocycles. The number of piperidine rings is 1. The van der Waals surface area contributed by atoms with E-state index in [9.17, 15) is 14.9 Å². The number of rotatable bonds is 7. The quantitative estimate of drug-likeness (QED) is 0.376. The highest BCUT2D eigenvalue weighted by Crippen LogP contribution is 2.33. The number of fused-ring (bicyclic) bond motifs is 1. The van der Waals surface area contributed by atoms with Crippen LogP contribution in [-0.4, -0.2) is 67.6 Å². The minimum Gasteiger partial charge on any atom is -0.385 e. The molecule has 1 spiro atoms. The van der Waals surface area contributed by atoms with Gasteiger partial charge in [0.15, 0.2) is 5.79 Å². The minimum atomic E-state index is -0.571. The molecule has 33 heavy (non-hydrogen) atoms. The molecule has 1 N–H and O–H groups in total. The summed E-state index contributed by atoms with van der Waals surface area (Å²) in [5, 5.41) is 12.3. The van der Waals surface area contributed by atoms with Gasteiger partial charge in [0.05, 0.1) is 18.8 Å². The summed E-state index contributed by atoms with van der Waals surface area (Å²) in [5.74, 6) is -0.667. The molecule has 0 aromatic carbocycles. The lowest BCUT2D eigenvalue weighted by Gasteiger charge is -2.38. The molecule has 10 heteroatoms. The lowest BCUT2D eigenvalue weighted by Crippen LogP contribution is -2.46. The van der Waals surface area contributed by atoms with Gasteiger partial charge in [0, 0.05) is 52.4 Å². The second-order valence-electron chi connectivity index (χ2n) is 7.95. The number of ether oxygens (including phenoxy) is 3. The number of aromatic nitrogens is 2.